The van der Waals surface area contributed by atoms with Gasteiger partial charge in [-0.05, 0) is 37.5 Å². The Kier molecular flexibility index (Phi) is 4.78. The fraction of sp³-hybridized carbons (Fsp3) is 0.500. The van der Waals surface area contributed by atoms with E-state index in [1.807, 2.05) is 0 Å². The highest BCUT2D eigenvalue weighted by Crippen LogP contribution is 2.22. The van der Waals surface area contributed by atoms with Crippen molar-refractivity contribution < 1.29 is 17.5 Å². The Morgan fingerprint density at radius 3 is 2.89 bits per heavy atom. The number of nitrogens with one attached hydrogen (secondary N) is 1. The van der Waals surface area contributed by atoms with E-state index in [4.69, 9.17) is 16.3 Å². The van der Waals surface area contributed by atoms with Gasteiger partial charge in [0.2, 0.25) is 10.0 Å². The number of halogens is 2. The van der Waals surface area contributed by atoms with E-state index < -0.39 is 15.8 Å². The summed E-state index contributed by atoms with van der Waals surface area (Å²) in [5, 5.41) is -0.121. The van der Waals surface area contributed by atoms with Gasteiger partial charge in [0.25, 0.3) is 0 Å². The van der Waals surface area contributed by atoms with Gasteiger partial charge in [-0.2, -0.15) is 0 Å². The molecule has 1 N–H and O–H groups in total. The molecule has 0 aliphatic carbocycles. The number of hydrogen-bond acceptors (Lipinski definition) is 3. The molecule has 1 aromatic carbocycles. The van der Waals surface area contributed by atoms with Crippen LogP contribution >= 0.6 is 11.6 Å². The molecule has 106 valence electrons. The van der Waals surface area contributed by atoms with E-state index in [1.54, 1.807) is 0 Å². The van der Waals surface area contributed by atoms with Gasteiger partial charge in [-0.25, -0.2) is 17.5 Å². The molecule has 19 heavy (non-hydrogen) atoms. The van der Waals surface area contributed by atoms with Crippen molar-refractivity contribution in [3.8, 4) is 0 Å². The Morgan fingerprint density at radius 1 is 1.47 bits per heavy atom. The van der Waals surface area contributed by atoms with E-state index in [1.165, 1.54) is 0 Å². The van der Waals surface area contributed by atoms with Gasteiger partial charge < -0.3 is 4.74 Å². The molecule has 0 unspecified atom stereocenters. The van der Waals surface area contributed by atoms with Gasteiger partial charge in [0, 0.05) is 13.2 Å². The Labute approximate surface area is 117 Å². The molecule has 2 rings (SSSR count). The van der Waals surface area contributed by atoms with Crippen molar-refractivity contribution in [1.82, 2.24) is 4.72 Å². The van der Waals surface area contributed by atoms with Crippen molar-refractivity contribution in [2.75, 3.05) is 13.2 Å². The second-order valence-electron chi connectivity index (χ2n) is 4.40. The molecule has 1 fully saturated rings. The molecule has 4 nitrogen and oxygen atoms in total. The van der Waals surface area contributed by atoms with Gasteiger partial charge in [0.1, 0.15) is 10.7 Å². The van der Waals surface area contributed by atoms with Crippen LogP contribution in [-0.2, 0) is 14.8 Å². The number of hydrogen-bond donors (Lipinski definition) is 1. The number of ether oxygens (including phenoxy) is 1. The Balaban J connectivity index is 1.97. The first-order valence-electron chi connectivity index (χ1n) is 6.05. The molecule has 0 amide bonds. The van der Waals surface area contributed by atoms with Crippen molar-refractivity contribution in [3.05, 3.63) is 29.0 Å². The average molecular weight is 308 g/mol. The predicted molar refractivity (Wildman–Crippen MR) is 70.2 cm³/mol. The van der Waals surface area contributed by atoms with Crippen molar-refractivity contribution in [3.63, 3.8) is 0 Å². The van der Waals surface area contributed by atoms with Crippen LogP contribution in [0.15, 0.2) is 23.1 Å². The van der Waals surface area contributed by atoms with E-state index >= 15 is 0 Å². The van der Waals surface area contributed by atoms with Gasteiger partial charge in [0.05, 0.1) is 11.1 Å². The third-order valence-electron chi connectivity index (χ3n) is 2.97. The minimum Gasteiger partial charge on any atom is -0.378 e. The van der Waals surface area contributed by atoms with Gasteiger partial charge >= 0.3 is 0 Å². The predicted octanol–water partition coefficient (Wildman–Crippen LogP) is 2.33. The van der Waals surface area contributed by atoms with E-state index in [0.29, 0.717) is 6.42 Å². The lowest BCUT2D eigenvalue weighted by atomic mass is 10.2. The quantitative estimate of drug-likeness (QED) is 0.908. The SMILES string of the molecule is O=S(=O)(NCC[C@H]1CCCO1)c1ccc(F)cc1Cl. The topological polar surface area (TPSA) is 55.4 Å². The molecular weight excluding hydrogens is 293 g/mol. The van der Waals surface area contributed by atoms with Crippen LogP contribution in [0.5, 0.6) is 0 Å². The highest BCUT2D eigenvalue weighted by Gasteiger charge is 2.20. The van der Waals surface area contributed by atoms with Crippen molar-refractivity contribution >= 4 is 21.6 Å². The first-order chi connectivity index (χ1) is 8.99. The van der Waals surface area contributed by atoms with Gasteiger partial charge in [-0.15, -0.1) is 0 Å². The molecule has 7 heteroatoms. The number of rotatable bonds is 5. The lowest BCUT2D eigenvalue weighted by Gasteiger charge is -2.11. The zero-order valence-electron chi connectivity index (χ0n) is 10.2. The Morgan fingerprint density at radius 2 is 2.26 bits per heavy atom. The van der Waals surface area contributed by atoms with Crippen LogP contribution in [0.1, 0.15) is 19.3 Å². The zero-order chi connectivity index (χ0) is 13.9. The summed E-state index contributed by atoms with van der Waals surface area (Å²) in [7, 11) is -3.70. The molecule has 1 saturated heterocycles. The summed E-state index contributed by atoms with van der Waals surface area (Å²) in [5.41, 5.74) is 0. The molecule has 0 spiro atoms. The minimum atomic E-state index is -3.70. The molecule has 0 bridgehead atoms. The van der Waals surface area contributed by atoms with Gasteiger partial charge in [0.15, 0.2) is 0 Å². The summed E-state index contributed by atoms with van der Waals surface area (Å²) in [6.45, 7) is 1.02. The summed E-state index contributed by atoms with van der Waals surface area (Å²) >= 11 is 5.74. The molecule has 1 aromatic rings. The van der Waals surface area contributed by atoms with Gasteiger partial charge in [-0.3, -0.25) is 0 Å². The maximum atomic E-state index is 12.9. The molecule has 0 saturated carbocycles. The maximum Gasteiger partial charge on any atom is 0.242 e. The van der Waals surface area contributed by atoms with E-state index in [-0.39, 0.29) is 22.6 Å². The van der Waals surface area contributed by atoms with Crippen molar-refractivity contribution in [2.24, 2.45) is 0 Å². The van der Waals surface area contributed by atoms with E-state index in [2.05, 4.69) is 4.72 Å². The summed E-state index contributed by atoms with van der Waals surface area (Å²) in [4.78, 5) is -0.108. The standard InChI is InChI=1S/C12H15ClFNO3S/c13-11-8-9(14)3-4-12(11)19(16,17)15-6-5-10-2-1-7-18-10/h3-4,8,10,15H,1-2,5-7H2/t10-/m1/s1. The summed E-state index contributed by atoms with van der Waals surface area (Å²) in [5.74, 6) is -0.566. The fourth-order valence-corrected chi connectivity index (χ4v) is 3.57. The largest absolute Gasteiger partial charge is 0.378 e. The van der Waals surface area contributed by atoms with Crippen LogP contribution in [0.2, 0.25) is 5.02 Å². The number of benzene rings is 1. The number of sulfonamides is 1. The monoisotopic (exact) mass is 307 g/mol. The van der Waals surface area contributed by atoms with Crippen molar-refractivity contribution in [2.45, 2.75) is 30.3 Å². The molecule has 1 atom stereocenters. The molecule has 1 aliphatic rings. The molecule has 1 heterocycles. The van der Waals surface area contributed by atoms with Crippen molar-refractivity contribution in [1.29, 1.82) is 0 Å². The summed E-state index contributed by atoms with van der Waals surface area (Å²) in [6, 6.07) is 3.21. The zero-order valence-corrected chi connectivity index (χ0v) is 11.8. The lowest BCUT2D eigenvalue weighted by Crippen LogP contribution is -2.27. The van der Waals surface area contributed by atoms with E-state index in [9.17, 15) is 12.8 Å². The Bertz CT molecular complexity index is 544. The first kappa shape index (κ1) is 14.7. The van der Waals surface area contributed by atoms with E-state index in [0.717, 1.165) is 37.6 Å². The average Bonchev–Trinajstić information content (AvgIpc) is 2.81. The van der Waals surface area contributed by atoms with Crippen LogP contribution in [0.25, 0.3) is 0 Å². The fourth-order valence-electron chi connectivity index (χ4n) is 2.00. The lowest BCUT2D eigenvalue weighted by molar-refractivity contribution is 0.105. The maximum absolute atomic E-state index is 12.9. The second kappa shape index (κ2) is 6.17. The smallest absolute Gasteiger partial charge is 0.242 e. The van der Waals surface area contributed by atoms with Crippen LogP contribution < -0.4 is 4.72 Å². The normalized spacial score (nSPS) is 19.8. The molecule has 1 aliphatic heterocycles. The Hall–Kier alpha value is -0.690. The van der Waals surface area contributed by atoms with Crippen LogP contribution in [0.4, 0.5) is 4.39 Å². The van der Waals surface area contributed by atoms with Crippen LogP contribution in [0, 0.1) is 5.82 Å². The minimum absolute atomic E-state index is 0.108. The van der Waals surface area contributed by atoms with Gasteiger partial charge in [-0.1, -0.05) is 11.6 Å². The molecular formula is C12H15ClFNO3S. The van der Waals surface area contributed by atoms with Crippen LogP contribution in [0.3, 0.4) is 0 Å². The molecule has 0 radical (unpaired) electrons. The van der Waals surface area contributed by atoms with Crippen LogP contribution in [-0.4, -0.2) is 27.7 Å². The highest BCUT2D eigenvalue weighted by molar-refractivity contribution is 7.89. The second-order valence-corrected chi connectivity index (χ2v) is 6.54. The highest BCUT2D eigenvalue weighted by atomic mass is 35.5. The molecule has 0 aromatic heterocycles. The first-order valence-corrected chi connectivity index (χ1v) is 7.91. The summed E-state index contributed by atoms with van der Waals surface area (Å²) < 4.78 is 44.7. The summed E-state index contributed by atoms with van der Waals surface area (Å²) in [6.07, 6.45) is 2.71. The third kappa shape index (κ3) is 3.89. The third-order valence-corrected chi connectivity index (χ3v) is 4.91.